The van der Waals surface area contributed by atoms with Crippen LogP contribution in [0.1, 0.15) is 24.8 Å². The molecular formula is C17H25FN2O2. The summed E-state index contributed by atoms with van der Waals surface area (Å²) in [6, 6.07) is 4.40. The Morgan fingerprint density at radius 3 is 3.05 bits per heavy atom. The van der Waals surface area contributed by atoms with Crippen molar-refractivity contribution >= 4 is 11.6 Å². The number of amides is 1. The molecule has 0 spiro atoms. The van der Waals surface area contributed by atoms with Crippen LogP contribution in [0.15, 0.2) is 18.2 Å². The van der Waals surface area contributed by atoms with E-state index in [0.717, 1.165) is 38.1 Å². The molecule has 1 heterocycles. The van der Waals surface area contributed by atoms with Gasteiger partial charge >= 0.3 is 0 Å². The molecule has 4 nitrogen and oxygen atoms in total. The van der Waals surface area contributed by atoms with Crippen LogP contribution in [0, 0.1) is 18.7 Å². The summed E-state index contributed by atoms with van der Waals surface area (Å²) in [7, 11) is 1.72. The Morgan fingerprint density at radius 2 is 2.32 bits per heavy atom. The third-order valence-electron chi connectivity index (χ3n) is 4.16. The van der Waals surface area contributed by atoms with E-state index < -0.39 is 0 Å². The van der Waals surface area contributed by atoms with Crippen LogP contribution in [0.4, 0.5) is 10.1 Å². The average Bonchev–Trinajstić information content (AvgIpc) is 2.48. The van der Waals surface area contributed by atoms with Gasteiger partial charge in [-0.3, -0.25) is 9.69 Å². The summed E-state index contributed by atoms with van der Waals surface area (Å²) in [5, 5.41) is 2.87. The second kappa shape index (κ2) is 8.25. The van der Waals surface area contributed by atoms with Crippen molar-refractivity contribution in [3.63, 3.8) is 0 Å². The number of aryl methyl sites for hydroxylation is 1. The minimum Gasteiger partial charge on any atom is -0.385 e. The number of nitrogens with one attached hydrogen (secondary N) is 1. The molecule has 5 heteroatoms. The number of nitrogens with zero attached hydrogens (tertiary/aromatic N) is 1. The first-order chi connectivity index (χ1) is 10.6. The van der Waals surface area contributed by atoms with Crippen molar-refractivity contribution in [2.24, 2.45) is 5.92 Å². The second-order valence-electron chi connectivity index (χ2n) is 6.03. The summed E-state index contributed by atoms with van der Waals surface area (Å²) >= 11 is 0. The molecule has 1 amide bonds. The first-order valence-electron chi connectivity index (χ1n) is 7.86. The van der Waals surface area contributed by atoms with Crippen LogP contribution in [0.2, 0.25) is 0 Å². The van der Waals surface area contributed by atoms with Crippen LogP contribution >= 0.6 is 0 Å². The molecule has 1 atom stereocenters. The van der Waals surface area contributed by atoms with Gasteiger partial charge in [-0.1, -0.05) is 0 Å². The predicted molar refractivity (Wildman–Crippen MR) is 85.4 cm³/mol. The van der Waals surface area contributed by atoms with E-state index in [9.17, 15) is 9.18 Å². The Morgan fingerprint density at radius 1 is 1.50 bits per heavy atom. The number of carbonyl (C=O) groups excluding carboxylic acids is 1. The molecule has 122 valence electrons. The van der Waals surface area contributed by atoms with Crippen LogP contribution in [0.3, 0.4) is 0 Å². The number of benzene rings is 1. The van der Waals surface area contributed by atoms with E-state index >= 15 is 0 Å². The molecule has 0 bridgehead atoms. The summed E-state index contributed by atoms with van der Waals surface area (Å²) in [5.41, 5.74) is 1.42. The minimum absolute atomic E-state index is 0.0397. The Labute approximate surface area is 131 Å². The zero-order chi connectivity index (χ0) is 15.9. The Balaban J connectivity index is 1.83. The van der Waals surface area contributed by atoms with Crippen molar-refractivity contribution in [1.82, 2.24) is 4.90 Å². The Bertz CT molecular complexity index is 507. The lowest BCUT2D eigenvalue weighted by Crippen LogP contribution is -2.40. The molecule has 1 aliphatic rings. The number of hydrogen-bond donors (Lipinski definition) is 1. The summed E-state index contributed by atoms with van der Waals surface area (Å²) in [6.45, 7) is 4.86. The molecular weight excluding hydrogens is 283 g/mol. The highest BCUT2D eigenvalue weighted by molar-refractivity contribution is 5.92. The third-order valence-corrected chi connectivity index (χ3v) is 4.16. The van der Waals surface area contributed by atoms with Gasteiger partial charge in [-0.25, -0.2) is 4.39 Å². The molecule has 1 aromatic rings. The van der Waals surface area contributed by atoms with Gasteiger partial charge in [0.25, 0.3) is 0 Å². The van der Waals surface area contributed by atoms with Crippen molar-refractivity contribution in [3.05, 3.63) is 29.6 Å². The third kappa shape index (κ3) is 5.07. The second-order valence-corrected chi connectivity index (χ2v) is 6.03. The Hall–Kier alpha value is -1.46. The highest BCUT2D eigenvalue weighted by Crippen LogP contribution is 2.20. The highest BCUT2D eigenvalue weighted by Gasteiger charge is 2.21. The maximum Gasteiger partial charge on any atom is 0.238 e. The molecule has 0 unspecified atom stereocenters. The number of rotatable bonds is 6. The molecule has 1 aromatic carbocycles. The van der Waals surface area contributed by atoms with E-state index in [4.69, 9.17) is 4.74 Å². The van der Waals surface area contributed by atoms with Gasteiger partial charge in [0.15, 0.2) is 0 Å². The average molecular weight is 308 g/mol. The lowest BCUT2D eigenvalue weighted by atomic mass is 9.95. The molecule has 22 heavy (non-hydrogen) atoms. The van der Waals surface area contributed by atoms with E-state index in [1.165, 1.54) is 18.6 Å². The standard InChI is InChI=1S/C17H25FN2O2/c1-13-10-15(18)5-6-16(13)19-17(21)12-20-8-3-4-14(11-20)7-9-22-2/h5-6,10,14H,3-4,7-9,11-12H2,1-2H3,(H,19,21)/t14-/m1/s1. The van der Waals surface area contributed by atoms with Gasteiger partial charge < -0.3 is 10.1 Å². The molecule has 2 rings (SSSR count). The number of ether oxygens (including phenoxy) is 1. The van der Waals surface area contributed by atoms with Gasteiger partial charge in [-0.15, -0.1) is 0 Å². The molecule has 1 N–H and O–H groups in total. The maximum absolute atomic E-state index is 13.1. The first-order valence-corrected chi connectivity index (χ1v) is 7.86. The van der Waals surface area contributed by atoms with Crippen molar-refractivity contribution < 1.29 is 13.9 Å². The van der Waals surface area contributed by atoms with Crippen LogP contribution in [-0.2, 0) is 9.53 Å². The molecule has 1 saturated heterocycles. The largest absolute Gasteiger partial charge is 0.385 e. The topological polar surface area (TPSA) is 41.6 Å². The van der Waals surface area contributed by atoms with Crippen LogP contribution in [-0.4, -0.2) is 44.2 Å². The summed E-state index contributed by atoms with van der Waals surface area (Å²) in [6.07, 6.45) is 3.38. The first kappa shape index (κ1) is 16.9. The molecule has 0 saturated carbocycles. The monoisotopic (exact) mass is 308 g/mol. The molecule has 0 aliphatic carbocycles. The molecule has 0 aromatic heterocycles. The molecule has 1 aliphatic heterocycles. The number of methoxy groups -OCH3 is 1. The quantitative estimate of drug-likeness (QED) is 0.878. The van der Waals surface area contributed by atoms with Crippen LogP contribution in [0.5, 0.6) is 0 Å². The SMILES string of the molecule is COCC[C@H]1CCCN(CC(=O)Nc2ccc(F)cc2C)C1. The highest BCUT2D eigenvalue weighted by atomic mass is 19.1. The summed E-state index contributed by atoms with van der Waals surface area (Å²) < 4.78 is 18.2. The van der Waals surface area contributed by atoms with Gasteiger partial charge in [0, 0.05) is 25.9 Å². The smallest absolute Gasteiger partial charge is 0.238 e. The van der Waals surface area contributed by atoms with Crippen LogP contribution in [0.25, 0.3) is 0 Å². The van der Waals surface area contributed by atoms with E-state index in [2.05, 4.69) is 10.2 Å². The van der Waals surface area contributed by atoms with Crippen molar-refractivity contribution in [2.45, 2.75) is 26.2 Å². The number of likely N-dealkylation sites (tertiary alicyclic amines) is 1. The number of carbonyl (C=O) groups is 1. The normalized spacial score (nSPS) is 19.1. The fraction of sp³-hybridized carbons (Fsp3) is 0.588. The zero-order valence-corrected chi connectivity index (χ0v) is 13.4. The fourth-order valence-electron chi connectivity index (χ4n) is 2.98. The lowest BCUT2D eigenvalue weighted by Gasteiger charge is -2.32. The predicted octanol–water partition coefficient (Wildman–Crippen LogP) is 2.82. The van der Waals surface area contributed by atoms with Crippen molar-refractivity contribution in [3.8, 4) is 0 Å². The number of anilines is 1. The zero-order valence-electron chi connectivity index (χ0n) is 13.4. The van der Waals surface area contributed by atoms with E-state index in [0.29, 0.717) is 18.2 Å². The van der Waals surface area contributed by atoms with Gasteiger partial charge in [-0.05, 0) is 62.4 Å². The molecule has 0 radical (unpaired) electrons. The minimum atomic E-state index is -0.285. The van der Waals surface area contributed by atoms with E-state index in [-0.39, 0.29) is 11.7 Å². The maximum atomic E-state index is 13.1. The van der Waals surface area contributed by atoms with E-state index in [1.54, 1.807) is 20.1 Å². The summed E-state index contributed by atoms with van der Waals surface area (Å²) in [5.74, 6) is 0.281. The summed E-state index contributed by atoms with van der Waals surface area (Å²) in [4.78, 5) is 14.4. The Kier molecular flexibility index (Phi) is 6.34. The van der Waals surface area contributed by atoms with Crippen molar-refractivity contribution in [1.29, 1.82) is 0 Å². The number of piperidine rings is 1. The van der Waals surface area contributed by atoms with Crippen molar-refractivity contribution in [2.75, 3.05) is 38.7 Å². The van der Waals surface area contributed by atoms with Gasteiger partial charge in [-0.2, -0.15) is 0 Å². The van der Waals surface area contributed by atoms with Gasteiger partial charge in [0.05, 0.1) is 6.54 Å². The van der Waals surface area contributed by atoms with Gasteiger partial charge in [0.1, 0.15) is 5.82 Å². The lowest BCUT2D eigenvalue weighted by molar-refractivity contribution is -0.117. The molecule has 1 fully saturated rings. The number of halogens is 1. The van der Waals surface area contributed by atoms with E-state index in [1.807, 2.05) is 0 Å². The van der Waals surface area contributed by atoms with Gasteiger partial charge in [0.2, 0.25) is 5.91 Å². The fourth-order valence-corrected chi connectivity index (χ4v) is 2.98. The van der Waals surface area contributed by atoms with Crippen LogP contribution < -0.4 is 5.32 Å². The number of hydrogen-bond acceptors (Lipinski definition) is 3.